The molecule has 1 saturated heterocycles. The number of morpholine rings is 1. The van der Waals surface area contributed by atoms with Crippen molar-refractivity contribution in [2.45, 2.75) is 32.1 Å². The van der Waals surface area contributed by atoms with Crippen LogP contribution in [0.25, 0.3) is 0 Å². The molecule has 1 aliphatic rings. The first-order chi connectivity index (χ1) is 6.61. The quantitative estimate of drug-likeness (QED) is 0.701. The topological polar surface area (TPSA) is 47.7 Å². The first kappa shape index (κ1) is 11.9. The molecule has 1 rings (SSSR count). The maximum atomic E-state index is 5.90. The third-order valence-electron chi connectivity index (χ3n) is 2.37. The Morgan fingerprint density at radius 2 is 2.00 bits per heavy atom. The fourth-order valence-corrected chi connectivity index (χ4v) is 2.03. The third-order valence-corrected chi connectivity index (χ3v) is 2.37. The maximum absolute atomic E-state index is 5.90. The van der Waals surface area contributed by atoms with Gasteiger partial charge in [0, 0.05) is 32.8 Å². The Balaban J connectivity index is 2.29. The molecule has 0 spiro atoms. The van der Waals surface area contributed by atoms with Crippen molar-refractivity contribution in [3.05, 3.63) is 0 Å². The number of hydrogen-bond acceptors (Lipinski definition) is 4. The van der Waals surface area contributed by atoms with Crippen LogP contribution in [0.4, 0.5) is 0 Å². The smallest absolute Gasteiger partial charge is 0.0678 e. The van der Waals surface area contributed by atoms with Gasteiger partial charge in [-0.15, -0.1) is 0 Å². The lowest BCUT2D eigenvalue weighted by molar-refractivity contribution is -0.0703. The van der Waals surface area contributed by atoms with E-state index in [1.807, 2.05) is 0 Å². The summed E-state index contributed by atoms with van der Waals surface area (Å²) < 4.78 is 10.7. The van der Waals surface area contributed by atoms with Gasteiger partial charge in [0.2, 0.25) is 0 Å². The Morgan fingerprint density at radius 1 is 1.43 bits per heavy atom. The summed E-state index contributed by atoms with van der Waals surface area (Å²) in [4.78, 5) is 2.35. The van der Waals surface area contributed by atoms with Gasteiger partial charge in [-0.3, -0.25) is 4.90 Å². The van der Waals surface area contributed by atoms with Gasteiger partial charge in [0.05, 0.1) is 18.8 Å². The first-order valence-electron chi connectivity index (χ1n) is 5.24. The Bertz CT molecular complexity index is 156. The zero-order chi connectivity index (χ0) is 10.6. The van der Waals surface area contributed by atoms with Crippen LogP contribution in [-0.2, 0) is 9.47 Å². The van der Waals surface area contributed by atoms with E-state index in [1.54, 1.807) is 7.11 Å². The molecule has 0 amide bonds. The minimum absolute atomic E-state index is 0.109. The lowest BCUT2D eigenvalue weighted by Crippen LogP contribution is -2.50. The highest BCUT2D eigenvalue weighted by molar-refractivity contribution is 4.76. The molecule has 3 atom stereocenters. The molecule has 1 aliphatic heterocycles. The monoisotopic (exact) mass is 202 g/mol. The van der Waals surface area contributed by atoms with E-state index in [0.717, 1.165) is 19.6 Å². The number of methoxy groups -OCH3 is 1. The SMILES string of the molecule is COCC(N)CN1CC(C)OC(C)C1. The molecule has 0 radical (unpaired) electrons. The Morgan fingerprint density at radius 3 is 2.50 bits per heavy atom. The molecule has 0 bridgehead atoms. The van der Waals surface area contributed by atoms with Crippen molar-refractivity contribution in [3.63, 3.8) is 0 Å². The van der Waals surface area contributed by atoms with Gasteiger partial charge in [-0.25, -0.2) is 0 Å². The Kier molecular flexibility index (Phi) is 4.81. The molecule has 0 aromatic carbocycles. The van der Waals surface area contributed by atoms with Gasteiger partial charge < -0.3 is 15.2 Å². The second kappa shape index (κ2) is 5.66. The van der Waals surface area contributed by atoms with Crippen molar-refractivity contribution in [3.8, 4) is 0 Å². The summed E-state index contributed by atoms with van der Waals surface area (Å²) in [5, 5.41) is 0. The number of ether oxygens (including phenoxy) is 2. The fraction of sp³-hybridized carbons (Fsp3) is 1.00. The lowest BCUT2D eigenvalue weighted by atomic mass is 10.2. The Labute approximate surface area is 86.3 Å². The summed E-state index contributed by atoms with van der Waals surface area (Å²) in [7, 11) is 1.68. The van der Waals surface area contributed by atoms with E-state index in [0.29, 0.717) is 18.8 Å². The molecule has 84 valence electrons. The van der Waals surface area contributed by atoms with E-state index in [2.05, 4.69) is 18.7 Å². The predicted molar refractivity (Wildman–Crippen MR) is 56.3 cm³/mol. The summed E-state index contributed by atoms with van der Waals surface area (Å²) in [5.41, 5.74) is 5.90. The van der Waals surface area contributed by atoms with E-state index in [9.17, 15) is 0 Å². The standard InChI is InChI=1S/C10H22N2O2/c1-8-4-12(5-9(2)14-8)6-10(11)7-13-3/h8-10H,4-7,11H2,1-3H3. The molecule has 4 heteroatoms. The van der Waals surface area contributed by atoms with Crippen molar-refractivity contribution >= 4 is 0 Å². The number of nitrogens with zero attached hydrogens (tertiary/aromatic N) is 1. The van der Waals surface area contributed by atoms with Gasteiger partial charge in [0.1, 0.15) is 0 Å². The van der Waals surface area contributed by atoms with Crippen LogP contribution in [0.1, 0.15) is 13.8 Å². The molecule has 0 aromatic heterocycles. The minimum Gasteiger partial charge on any atom is -0.383 e. The summed E-state index contributed by atoms with van der Waals surface area (Å²) in [6.07, 6.45) is 0.627. The molecule has 2 N–H and O–H groups in total. The number of nitrogens with two attached hydrogens (primary N) is 1. The largest absolute Gasteiger partial charge is 0.383 e. The summed E-state index contributed by atoms with van der Waals surface area (Å²) in [6, 6.07) is 0.109. The minimum atomic E-state index is 0.109. The third kappa shape index (κ3) is 3.92. The van der Waals surface area contributed by atoms with Gasteiger partial charge >= 0.3 is 0 Å². The zero-order valence-corrected chi connectivity index (χ0v) is 9.40. The highest BCUT2D eigenvalue weighted by Gasteiger charge is 2.23. The predicted octanol–water partition coefficient (Wildman–Crippen LogP) is 0.0693. The summed E-state index contributed by atoms with van der Waals surface area (Å²) in [5.74, 6) is 0. The molecular weight excluding hydrogens is 180 g/mol. The van der Waals surface area contributed by atoms with Gasteiger partial charge in [0.25, 0.3) is 0 Å². The highest BCUT2D eigenvalue weighted by atomic mass is 16.5. The van der Waals surface area contributed by atoms with Crippen LogP contribution in [0.3, 0.4) is 0 Å². The zero-order valence-electron chi connectivity index (χ0n) is 9.40. The van der Waals surface area contributed by atoms with E-state index in [4.69, 9.17) is 15.2 Å². The molecule has 0 aliphatic carbocycles. The van der Waals surface area contributed by atoms with Gasteiger partial charge in [-0.2, -0.15) is 0 Å². The first-order valence-corrected chi connectivity index (χ1v) is 5.24. The van der Waals surface area contributed by atoms with Crippen LogP contribution < -0.4 is 5.73 Å². The second-order valence-corrected chi connectivity index (χ2v) is 4.19. The summed E-state index contributed by atoms with van der Waals surface area (Å²) in [6.45, 7) is 7.67. The van der Waals surface area contributed by atoms with Crippen LogP contribution >= 0.6 is 0 Å². The average Bonchev–Trinajstić information content (AvgIpc) is 2.01. The molecule has 14 heavy (non-hydrogen) atoms. The van der Waals surface area contributed by atoms with Gasteiger partial charge in [-0.1, -0.05) is 0 Å². The lowest BCUT2D eigenvalue weighted by Gasteiger charge is -2.36. The van der Waals surface area contributed by atoms with Crippen LogP contribution in [0.15, 0.2) is 0 Å². The van der Waals surface area contributed by atoms with Gasteiger partial charge in [0.15, 0.2) is 0 Å². The Hall–Kier alpha value is -0.160. The number of hydrogen-bond donors (Lipinski definition) is 1. The van der Waals surface area contributed by atoms with Crippen molar-refractivity contribution in [1.29, 1.82) is 0 Å². The molecule has 4 nitrogen and oxygen atoms in total. The van der Waals surface area contributed by atoms with Crippen LogP contribution in [0.5, 0.6) is 0 Å². The molecule has 0 aromatic rings. The van der Waals surface area contributed by atoms with Crippen molar-refractivity contribution < 1.29 is 9.47 Å². The van der Waals surface area contributed by atoms with E-state index >= 15 is 0 Å². The second-order valence-electron chi connectivity index (χ2n) is 4.19. The van der Waals surface area contributed by atoms with Crippen molar-refractivity contribution in [1.82, 2.24) is 4.90 Å². The molecular formula is C10H22N2O2. The molecule has 1 heterocycles. The fourth-order valence-electron chi connectivity index (χ4n) is 2.03. The molecule has 0 saturated carbocycles. The maximum Gasteiger partial charge on any atom is 0.0678 e. The van der Waals surface area contributed by atoms with Crippen LogP contribution in [0.2, 0.25) is 0 Å². The normalized spacial score (nSPS) is 31.7. The van der Waals surface area contributed by atoms with E-state index < -0.39 is 0 Å². The van der Waals surface area contributed by atoms with Crippen molar-refractivity contribution in [2.75, 3.05) is 33.4 Å². The van der Waals surface area contributed by atoms with Crippen LogP contribution in [-0.4, -0.2) is 56.5 Å². The average molecular weight is 202 g/mol. The van der Waals surface area contributed by atoms with E-state index in [1.165, 1.54) is 0 Å². The molecule has 1 fully saturated rings. The highest BCUT2D eigenvalue weighted by Crippen LogP contribution is 2.10. The van der Waals surface area contributed by atoms with Crippen LogP contribution in [0, 0.1) is 0 Å². The van der Waals surface area contributed by atoms with Gasteiger partial charge in [-0.05, 0) is 13.8 Å². The summed E-state index contributed by atoms with van der Waals surface area (Å²) >= 11 is 0. The number of rotatable bonds is 4. The molecule has 3 unspecified atom stereocenters. The van der Waals surface area contributed by atoms with Crippen molar-refractivity contribution in [2.24, 2.45) is 5.73 Å². The van der Waals surface area contributed by atoms with E-state index in [-0.39, 0.29) is 6.04 Å².